The Hall–Kier alpha value is -4.19. The van der Waals surface area contributed by atoms with E-state index in [1.807, 2.05) is 13.0 Å². The minimum absolute atomic E-state index is 0.129. The number of amides is 2. The lowest BCUT2D eigenvalue weighted by Gasteiger charge is -2.14. The SMILES string of the molecule is COc1ccc(NC(=O)/C(C#N)=C\c2cc(Cl)c(OCC(=O)Nc3ccc(C)c(Cl)c3)c(OC)c2)cc1. The van der Waals surface area contributed by atoms with Gasteiger partial charge < -0.3 is 24.8 Å². The first-order chi connectivity index (χ1) is 17.7. The molecule has 3 aromatic rings. The fourth-order valence-corrected chi connectivity index (χ4v) is 3.61. The fourth-order valence-electron chi connectivity index (χ4n) is 3.16. The van der Waals surface area contributed by atoms with Gasteiger partial charge in [-0.05, 0) is 72.7 Å². The van der Waals surface area contributed by atoms with Crippen LogP contribution < -0.4 is 24.8 Å². The Morgan fingerprint density at radius 2 is 1.65 bits per heavy atom. The predicted molar refractivity (Wildman–Crippen MR) is 144 cm³/mol. The highest BCUT2D eigenvalue weighted by Gasteiger charge is 2.16. The van der Waals surface area contributed by atoms with Crippen LogP contribution in [0.4, 0.5) is 11.4 Å². The largest absolute Gasteiger partial charge is 0.497 e. The lowest BCUT2D eigenvalue weighted by atomic mass is 10.1. The standard InChI is InChI=1S/C27H23Cl2N3O5/c1-16-4-5-20(13-22(16)28)31-25(33)15-37-26-23(29)11-17(12-24(26)36-3)10-18(14-30)27(34)32-19-6-8-21(35-2)9-7-19/h4-13H,15H2,1-3H3,(H,31,33)(H,32,34)/b18-10-. The first kappa shape index (κ1) is 27.4. The van der Waals surface area contributed by atoms with Crippen LogP contribution in [0.15, 0.2) is 60.2 Å². The molecule has 0 fully saturated rings. The minimum atomic E-state index is -0.601. The van der Waals surface area contributed by atoms with Gasteiger partial charge in [0.1, 0.15) is 17.4 Å². The lowest BCUT2D eigenvalue weighted by molar-refractivity contribution is -0.118. The maximum absolute atomic E-state index is 12.6. The van der Waals surface area contributed by atoms with E-state index >= 15 is 0 Å². The Labute approximate surface area is 224 Å². The van der Waals surface area contributed by atoms with Crippen molar-refractivity contribution in [3.8, 4) is 23.3 Å². The smallest absolute Gasteiger partial charge is 0.266 e. The van der Waals surface area contributed by atoms with E-state index in [-0.39, 0.29) is 28.7 Å². The van der Waals surface area contributed by atoms with E-state index in [1.54, 1.807) is 42.5 Å². The molecule has 37 heavy (non-hydrogen) atoms. The molecule has 0 aromatic heterocycles. The summed E-state index contributed by atoms with van der Waals surface area (Å²) in [7, 11) is 2.94. The lowest BCUT2D eigenvalue weighted by Crippen LogP contribution is -2.20. The second kappa shape index (κ2) is 12.7. The number of nitrogens with one attached hydrogen (secondary N) is 2. The topological polar surface area (TPSA) is 110 Å². The van der Waals surface area contributed by atoms with Gasteiger partial charge in [0.05, 0.1) is 19.2 Å². The molecule has 3 rings (SSSR count). The van der Waals surface area contributed by atoms with E-state index in [0.717, 1.165) is 5.56 Å². The van der Waals surface area contributed by atoms with Crippen molar-refractivity contribution in [2.75, 3.05) is 31.5 Å². The molecular weight excluding hydrogens is 517 g/mol. The Kier molecular flexibility index (Phi) is 9.39. The number of ether oxygens (including phenoxy) is 3. The van der Waals surface area contributed by atoms with Crippen LogP contribution in [0.25, 0.3) is 6.08 Å². The molecule has 0 atom stereocenters. The molecule has 0 spiro atoms. The minimum Gasteiger partial charge on any atom is -0.497 e. The van der Waals surface area contributed by atoms with Crippen LogP contribution in [0, 0.1) is 18.3 Å². The third kappa shape index (κ3) is 7.40. The third-order valence-corrected chi connectivity index (χ3v) is 5.77. The monoisotopic (exact) mass is 539 g/mol. The van der Waals surface area contributed by atoms with Crippen LogP contribution in [0.3, 0.4) is 0 Å². The number of hydrogen-bond donors (Lipinski definition) is 2. The second-order valence-corrected chi connectivity index (χ2v) is 8.50. The average Bonchev–Trinajstić information content (AvgIpc) is 2.88. The summed E-state index contributed by atoms with van der Waals surface area (Å²) in [6.07, 6.45) is 1.37. The van der Waals surface area contributed by atoms with Crippen molar-refractivity contribution in [1.29, 1.82) is 5.26 Å². The number of methoxy groups -OCH3 is 2. The van der Waals surface area contributed by atoms with Crippen molar-refractivity contribution in [1.82, 2.24) is 0 Å². The van der Waals surface area contributed by atoms with Crippen LogP contribution >= 0.6 is 23.2 Å². The number of nitriles is 1. The quantitative estimate of drug-likeness (QED) is 0.259. The van der Waals surface area contributed by atoms with Gasteiger partial charge in [-0.1, -0.05) is 29.3 Å². The van der Waals surface area contributed by atoms with E-state index in [0.29, 0.717) is 27.7 Å². The van der Waals surface area contributed by atoms with Gasteiger partial charge in [-0.25, -0.2) is 0 Å². The van der Waals surface area contributed by atoms with Gasteiger partial charge in [0.15, 0.2) is 18.1 Å². The summed E-state index contributed by atoms with van der Waals surface area (Å²) >= 11 is 12.5. The highest BCUT2D eigenvalue weighted by atomic mass is 35.5. The summed E-state index contributed by atoms with van der Waals surface area (Å²) in [6, 6.07) is 16.8. The highest BCUT2D eigenvalue weighted by molar-refractivity contribution is 6.32. The number of nitrogens with zero attached hydrogens (tertiary/aromatic N) is 1. The Bertz CT molecular complexity index is 1380. The second-order valence-electron chi connectivity index (χ2n) is 7.69. The summed E-state index contributed by atoms with van der Waals surface area (Å²) in [5.74, 6) is -0.0348. The first-order valence-electron chi connectivity index (χ1n) is 10.9. The van der Waals surface area contributed by atoms with E-state index in [2.05, 4.69) is 10.6 Å². The van der Waals surface area contributed by atoms with E-state index < -0.39 is 11.8 Å². The fraction of sp³-hybridized carbons (Fsp3) is 0.148. The summed E-state index contributed by atoms with van der Waals surface area (Å²) in [5, 5.41) is 15.5. The first-order valence-corrected chi connectivity index (χ1v) is 11.6. The van der Waals surface area contributed by atoms with E-state index in [9.17, 15) is 14.9 Å². The highest BCUT2D eigenvalue weighted by Crippen LogP contribution is 2.37. The molecule has 0 aliphatic heterocycles. The van der Waals surface area contributed by atoms with Gasteiger partial charge in [-0.15, -0.1) is 0 Å². The van der Waals surface area contributed by atoms with Crippen LogP contribution in [0.5, 0.6) is 17.2 Å². The number of rotatable bonds is 9. The number of halogens is 2. The zero-order valence-electron chi connectivity index (χ0n) is 20.2. The molecule has 0 radical (unpaired) electrons. The van der Waals surface area contributed by atoms with Gasteiger partial charge in [-0.3, -0.25) is 9.59 Å². The molecular formula is C27H23Cl2N3O5. The summed E-state index contributed by atoms with van der Waals surface area (Å²) in [6.45, 7) is 1.52. The van der Waals surface area contributed by atoms with Gasteiger partial charge in [0.2, 0.25) is 0 Å². The van der Waals surface area contributed by atoms with E-state index in [4.69, 9.17) is 37.4 Å². The molecule has 190 valence electrons. The number of carbonyl (C=O) groups excluding carboxylic acids is 2. The van der Waals surface area contributed by atoms with Crippen LogP contribution in [0.2, 0.25) is 10.0 Å². The zero-order valence-corrected chi connectivity index (χ0v) is 21.7. The van der Waals surface area contributed by atoms with Crippen molar-refractivity contribution in [2.24, 2.45) is 0 Å². The molecule has 0 bridgehead atoms. The van der Waals surface area contributed by atoms with Crippen LogP contribution in [0.1, 0.15) is 11.1 Å². The third-order valence-electron chi connectivity index (χ3n) is 5.08. The number of anilines is 2. The van der Waals surface area contributed by atoms with Crippen LogP contribution in [-0.2, 0) is 9.59 Å². The molecule has 2 amide bonds. The number of aryl methyl sites for hydroxylation is 1. The Morgan fingerprint density at radius 3 is 2.27 bits per heavy atom. The summed E-state index contributed by atoms with van der Waals surface area (Å²) in [5.41, 5.74) is 2.18. The Balaban J connectivity index is 1.72. The average molecular weight is 540 g/mol. The van der Waals surface area contributed by atoms with Gasteiger partial charge in [0, 0.05) is 16.4 Å². The van der Waals surface area contributed by atoms with E-state index in [1.165, 1.54) is 32.4 Å². The molecule has 0 saturated carbocycles. The summed E-state index contributed by atoms with van der Waals surface area (Å²) in [4.78, 5) is 24.9. The van der Waals surface area contributed by atoms with Crippen molar-refractivity contribution in [3.05, 3.63) is 81.3 Å². The van der Waals surface area contributed by atoms with Crippen molar-refractivity contribution in [2.45, 2.75) is 6.92 Å². The molecule has 8 nitrogen and oxygen atoms in total. The maximum Gasteiger partial charge on any atom is 0.266 e. The maximum atomic E-state index is 12.6. The van der Waals surface area contributed by atoms with Crippen molar-refractivity contribution >= 4 is 52.5 Å². The molecule has 0 aliphatic carbocycles. The molecule has 3 aromatic carbocycles. The van der Waals surface area contributed by atoms with Crippen LogP contribution in [-0.4, -0.2) is 32.6 Å². The molecule has 0 aliphatic rings. The van der Waals surface area contributed by atoms with Crippen molar-refractivity contribution < 1.29 is 23.8 Å². The molecule has 0 heterocycles. The molecule has 2 N–H and O–H groups in total. The zero-order chi connectivity index (χ0) is 26.9. The molecule has 10 heteroatoms. The van der Waals surface area contributed by atoms with Crippen molar-refractivity contribution in [3.63, 3.8) is 0 Å². The molecule has 0 saturated heterocycles. The summed E-state index contributed by atoms with van der Waals surface area (Å²) < 4.78 is 16.0. The molecule has 0 unspecified atom stereocenters. The number of carbonyl (C=O) groups is 2. The van der Waals surface area contributed by atoms with Gasteiger partial charge in [0.25, 0.3) is 11.8 Å². The van der Waals surface area contributed by atoms with Gasteiger partial charge >= 0.3 is 0 Å². The number of hydrogen-bond acceptors (Lipinski definition) is 6. The predicted octanol–water partition coefficient (Wildman–Crippen LogP) is 5.88. The normalized spacial score (nSPS) is 10.8. The Morgan fingerprint density at radius 1 is 0.946 bits per heavy atom. The number of benzene rings is 3. The van der Waals surface area contributed by atoms with Gasteiger partial charge in [-0.2, -0.15) is 5.26 Å².